The SMILES string of the molecule is CC(C)C1(C(C)C)CC=CCC1O. The smallest absolute Gasteiger partial charge is 0.0638 e. The summed E-state index contributed by atoms with van der Waals surface area (Å²) in [6.45, 7) is 8.90. The molecule has 0 radical (unpaired) electrons. The fourth-order valence-corrected chi connectivity index (χ4v) is 2.78. The predicted molar refractivity (Wildman–Crippen MR) is 56.5 cm³/mol. The van der Waals surface area contributed by atoms with Gasteiger partial charge in [-0.05, 0) is 24.7 Å². The van der Waals surface area contributed by atoms with Crippen molar-refractivity contribution >= 4 is 0 Å². The molecule has 0 aromatic heterocycles. The molecule has 0 aromatic carbocycles. The van der Waals surface area contributed by atoms with E-state index in [4.69, 9.17) is 0 Å². The highest BCUT2D eigenvalue weighted by atomic mass is 16.3. The molecule has 0 amide bonds. The van der Waals surface area contributed by atoms with Gasteiger partial charge in [0.05, 0.1) is 6.10 Å². The molecular weight excluding hydrogens is 160 g/mol. The molecule has 1 unspecified atom stereocenters. The lowest BCUT2D eigenvalue weighted by Gasteiger charge is -2.46. The van der Waals surface area contributed by atoms with E-state index in [1.54, 1.807) is 0 Å². The highest BCUT2D eigenvalue weighted by molar-refractivity contribution is 5.05. The van der Waals surface area contributed by atoms with Crippen molar-refractivity contribution in [2.24, 2.45) is 17.3 Å². The van der Waals surface area contributed by atoms with E-state index in [0.717, 1.165) is 12.8 Å². The van der Waals surface area contributed by atoms with Crippen molar-refractivity contribution in [3.05, 3.63) is 12.2 Å². The summed E-state index contributed by atoms with van der Waals surface area (Å²) >= 11 is 0. The molecular formula is C12H22O. The molecule has 1 N–H and O–H groups in total. The lowest BCUT2D eigenvalue weighted by atomic mass is 9.61. The minimum atomic E-state index is -0.155. The fraction of sp³-hybridized carbons (Fsp3) is 0.833. The average molecular weight is 182 g/mol. The summed E-state index contributed by atoms with van der Waals surface area (Å²) in [4.78, 5) is 0. The number of hydrogen-bond donors (Lipinski definition) is 1. The van der Waals surface area contributed by atoms with Gasteiger partial charge in [-0.15, -0.1) is 0 Å². The summed E-state index contributed by atoms with van der Waals surface area (Å²) in [5.74, 6) is 1.10. The number of rotatable bonds is 2. The standard InChI is InChI=1S/C12H22O/c1-9(2)12(10(3)4)8-6-5-7-11(12)13/h5-6,9-11,13H,7-8H2,1-4H3. The van der Waals surface area contributed by atoms with Gasteiger partial charge in [-0.2, -0.15) is 0 Å². The van der Waals surface area contributed by atoms with Crippen LogP contribution in [0.25, 0.3) is 0 Å². The highest BCUT2D eigenvalue weighted by Crippen LogP contribution is 2.45. The Labute approximate surface area is 81.9 Å². The van der Waals surface area contributed by atoms with Crippen molar-refractivity contribution in [2.75, 3.05) is 0 Å². The first-order valence-corrected chi connectivity index (χ1v) is 5.35. The molecule has 1 aliphatic carbocycles. The maximum absolute atomic E-state index is 10.1. The summed E-state index contributed by atoms with van der Waals surface area (Å²) in [5.41, 5.74) is 0.106. The fourth-order valence-electron chi connectivity index (χ4n) is 2.78. The molecule has 0 aliphatic heterocycles. The van der Waals surface area contributed by atoms with Crippen LogP contribution in [0.5, 0.6) is 0 Å². The van der Waals surface area contributed by atoms with Gasteiger partial charge >= 0.3 is 0 Å². The molecule has 1 nitrogen and oxygen atoms in total. The second-order valence-corrected chi connectivity index (χ2v) is 4.85. The molecule has 0 aromatic rings. The first-order chi connectivity index (χ1) is 6.01. The molecule has 13 heavy (non-hydrogen) atoms. The van der Waals surface area contributed by atoms with Crippen LogP contribution in [0.3, 0.4) is 0 Å². The number of allylic oxidation sites excluding steroid dienone is 1. The van der Waals surface area contributed by atoms with Crippen molar-refractivity contribution in [1.82, 2.24) is 0 Å². The van der Waals surface area contributed by atoms with Crippen molar-refractivity contribution in [1.29, 1.82) is 0 Å². The van der Waals surface area contributed by atoms with E-state index in [1.165, 1.54) is 0 Å². The van der Waals surface area contributed by atoms with Crippen LogP contribution in [0.1, 0.15) is 40.5 Å². The van der Waals surface area contributed by atoms with Gasteiger partial charge in [-0.1, -0.05) is 39.8 Å². The van der Waals surface area contributed by atoms with Gasteiger partial charge in [0.15, 0.2) is 0 Å². The minimum absolute atomic E-state index is 0.106. The molecule has 1 aliphatic rings. The molecule has 0 spiro atoms. The van der Waals surface area contributed by atoms with E-state index in [0.29, 0.717) is 11.8 Å². The third-order valence-electron chi connectivity index (χ3n) is 3.77. The molecule has 0 saturated carbocycles. The Morgan fingerprint density at radius 3 is 2.00 bits per heavy atom. The third kappa shape index (κ3) is 1.67. The van der Waals surface area contributed by atoms with E-state index < -0.39 is 0 Å². The second-order valence-electron chi connectivity index (χ2n) is 4.85. The second kappa shape index (κ2) is 3.83. The maximum Gasteiger partial charge on any atom is 0.0638 e. The number of aliphatic hydroxyl groups excluding tert-OH is 1. The topological polar surface area (TPSA) is 20.2 Å². The Balaban J connectivity index is 2.95. The lowest BCUT2D eigenvalue weighted by molar-refractivity contribution is -0.0469. The predicted octanol–water partition coefficient (Wildman–Crippen LogP) is 3.00. The van der Waals surface area contributed by atoms with Gasteiger partial charge in [0.2, 0.25) is 0 Å². The van der Waals surface area contributed by atoms with E-state index in [-0.39, 0.29) is 11.5 Å². The van der Waals surface area contributed by atoms with Gasteiger partial charge in [-0.25, -0.2) is 0 Å². The minimum Gasteiger partial charge on any atom is -0.392 e. The zero-order chi connectivity index (χ0) is 10.1. The van der Waals surface area contributed by atoms with Crippen LogP contribution in [0.2, 0.25) is 0 Å². The van der Waals surface area contributed by atoms with Crippen LogP contribution >= 0.6 is 0 Å². The van der Waals surface area contributed by atoms with Crippen LogP contribution < -0.4 is 0 Å². The summed E-state index contributed by atoms with van der Waals surface area (Å²) in [7, 11) is 0. The van der Waals surface area contributed by atoms with Crippen LogP contribution in [-0.2, 0) is 0 Å². The molecule has 1 heteroatoms. The summed E-state index contributed by atoms with van der Waals surface area (Å²) in [5, 5.41) is 10.1. The van der Waals surface area contributed by atoms with E-state index in [9.17, 15) is 5.11 Å². The van der Waals surface area contributed by atoms with Gasteiger partial charge in [0, 0.05) is 5.41 Å². The zero-order valence-electron chi connectivity index (χ0n) is 9.25. The lowest BCUT2D eigenvalue weighted by Crippen LogP contribution is -2.45. The van der Waals surface area contributed by atoms with Crippen molar-refractivity contribution in [3.63, 3.8) is 0 Å². The molecule has 0 heterocycles. The Morgan fingerprint density at radius 2 is 1.69 bits per heavy atom. The van der Waals surface area contributed by atoms with E-state index in [2.05, 4.69) is 39.8 Å². The molecule has 0 fully saturated rings. The number of hydrogen-bond acceptors (Lipinski definition) is 1. The first-order valence-electron chi connectivity index (χ1n) is 5.35. The Morgan fingerprint density at radius 1 is 1.15 bits per heavy atom. The molecule has 0 saturated heterocycles. The summed E-state index contributed by atoms with van der Waals surface area (Å²) < 4.78 is 0. The van der Waals surface area contributed by atoms with Crippen LogP contribution in [-0.4, -0.2) is 11.2 Å². The third-order valence-corrected chi connectivity index (χ3v) is 3.77. The monoisotopic (exact) mass is 182 g/mol. The average Bonchev–Trinajstić information content (AvgIpc) is 2.04. The first kappa shape index (κ1) is 10.8. The van der Waals surface area contributed by atoms with E-state index >= 15 is 0 Å². The summed E-state index contributed by atoms with van der Waals surface area (Å²) in [6.07, 6.45) is 6.04. The molecule has 1 rings (SSSR count). The molecule has 1 atom stereocenters. The van der Waals surface area contributed by atoms with Gasteiger partial charge in [0.25, 0.3) is 0 Å². The Hall–Kier alpha value is -0.300. The zero-order valence-corrected chi connectivity index (χ0v) is 9.25. The molecule has 76 valence electrons. The van der Waals surface area contributed by atoms with Crippen LogP contribution in [0.4, 0.5) is 0 Å². The highest BCUT2D eigenvalue weighted by Gasteiger charge is 2.43. The van der Waals surface area contributed by atoms with Crippen molar-refractivity contribution in [3.8, 4) is 0 Å². The molecule has 0 bridgehead atoms. The maximum atomic E-state index is 10.1. The summed E-state index contributed by atoms with van der Waals surface area (Å²) in [6, 6.07) is 0. The van der Waals surface area contributed by atoms with E-state index in [1.807, 2.05) is 0 Å². The van der Waals surface area contributed by atoms with Crippen molar-refractivity contribution in [2.45, 2.75) is 46.6 Å². The van der Waals surface area contributed by atoms with Gasteiger partial charge < -0.3 is 5.11 Å². The van der Waals surface area contributed by atoms with Crippen LogP contribution in [0.15, 0.2) is 12.2 Å². The van der Waals surface area contributed by atoms with Crippen LogP contribution in [0, 0.1) is 17.3 Å². The Kier molecular flexibility index (Phi) is 3.18. The van der Waals surface area contributed by atoms with Crippen molar-refractivity contribution < 1.29 is 5.11 Å². The quantitative estimate of drug-likeness (QED) is 0.651. The van der Waals surface area contributed by atoms with Gasteiger partial charge in [-0.3, -0.25) is 0 Å². The van der Waals surface area contributed by atoms with Gasteiger partial charge in [0.1, 0.15) is 0 Å². The normalized spacial score (nSPS) is 27.2. The Bertz CT molecular complexity index is 183. The number of aliphatic hydroxyl groups is 1. The largest absolute Gasteiger partial charge is 0.392 e.